The first-order valence-electron chi connectivity index (χ1n) is 7.64. The molecule has 8 heteroatoms. The highest BCUT2D eigenvalue weighted by Crippen LogP contribution is 2.33. The van der Waals surface area contributed by atoms with Crippen molar-refractivity contribution in [1.29, 1.82) is 0 Å². The van der Waals surface area contributed by atoms with Crippen LogP contribution in [0.3, 0.4) is 0 Å². The van der Waals surface area contributed by atoms with Crippen LogP contribution in [0.1, 0.15) is 24.5 Å². The first kappa shape index (κ1) is 22.6. The highest BCUT2D eigenvalue weighted by Gasteiger charge is 2.30. The molecule has 0 spiro atoms. The van der Waals surface area contributed by atoms with Crippen LogP contribution >= 0.6 is 24.0 Å². The van der Waals surface area contributed by atoms with Crippen molar-refractivity contribution in [2.75, 3.05) is 6.61 Å². The third kappa shape index (κ3) is 6.36. The van der Waals surface area contributed by atoms with E-state index in [-0.39, 0.29) is 24.8 Å². The Morgan fingerprint density at radius 3 is 2.35 bits per heavy atom. The Hall–Kier alpha value is -1.47. The summed E-state index contributed by atoms with van der Waals surface area (Å²) >= 11 is 6.21. The number of hydrogen-bond acceptors (Lipinski definition) is 3. The van der Waals surface area contributed by atoms with Gasteiger partial charge in [0.25, 0.3) is 0 Å². The number of aryl methyl sites for hydroxylation is 1. The fourth-order valence-corrected chi connectivity index (χ4v) is 2.43. The van der Waals surface area contributed by atoms with Crippen LogP contribution in [0, 0.1) is 0 Å². The second-order valence-electron chi connectivity index (χ2n) is 6.19. The molecule has 0 aliphatic heterocycles. The van der Waals surface area contributed by atoms with Gasteiger partial charge in [-0.25, -0.2) is 0 Å². The number of aliphatic hydroxyl groups excluding tert-OH is 1. The molecule has 1 atom stereocenters. The average Bonchev–Trinajstić information content (AvgIpc) is 2.53. The van der Waals surface area contributed by atoms with Gasteiger partial charge in [0.15, 0.2) is 0 Å². The number of nitrogens with two attached hydrogens (primary N) is 1. The third-order valence-corrected chi connectivity index (χ3v) is 4.10. The van der Waals surface area contributed by atoms with Crippen molar-refractivity contribution in [3.05, 3.63) is 58.6 Å². The molecule has 0 aromatic heterocycles. The first-order chi connectivity index (χ1) is 11.6. The maximum Gasteiger partial charge on any atom is 0.416 e. The molecule has 0 bridgehead atoms. The minimum Gasteiger partial charge on any atom is -0.457 e. The molecule has 3 nitrogen and oxygen atoms in total. The molecular weight excluding hydrogens is 390 g/mol. The van der Waals surface area contributed by atoms with E-state index >= 15 is 0 Å². The summed E-state index contributed by atoms with van der Waals surface area (Å²) in [6.07, 6.45) is -3.32. The Bertz CT molecular complexity index is 737. The van der Waals surface area contributed by atoms with Crippen LogP contribution in [-0.2, 0) is 12.6 Å². The van der Waals surface area contributed by atoms with Crippen LogP contribution in [-0.4, -0.2) is 17.3 Å². The van der Waals surface area contributed by atoms with Crippen molar-refractivity contribution in [3.63, 3.8) is 0 Å². The minimum absolute atomic E-state index is 0. The Morgan fingerprint density at radius 1 is 1.12 bits per heavy atom. The van der Waals surface area contributed by atoms with Gasteiger partial charge in [-0.1, -0.05) is 23.7 Å². The molecule has 0 saturated carbocycles. The van der Waals surface area contributed by atoms with Gasteiger partial charge in [0, 0.05) is 10.6 Å². The molecule has 0 aliphatic rings. The van der Waals surface area contributed by atoms with Crippen molar-refractivity contribution in [2.45, 2.75) is 31.5 Å². The number of aliphatic hydroxyl groups is 1. The topological polar surface area (TPSA) is 55.5 Å². The maximum atomic E-state index is 12.7. The lowest BCUT2D eigenvalue weighted by Gasteiger charge is -2.21. The van der Waals surface area contributed by atoms with E-state index in [1.54, 1.807) is 25.1 Å². The number of alkyl halides is 3. The molecule has 0 fully saturated rings. The summed E-state index contributed by atoms with van der Waals surface area (Å²) in [5.74, 6) is 0.416. The minimum atomic E-state index is -4.43. The normalized spacial score (nSPS) is 13.7. The van der Waals surface area contributed by atoms with Crippen LogP contribution in [0.4, 0.5) is 13.2 Å². The summed E-state index contributed by atoms with van der Waals surface area (Å²) in [6, 6.07) is 9.55. The molecule has 0 amide bonds. The van der Waals surface area contributed by atoms with E-state index in [9.17, 15) is 18.3 Å². The quantitative estimate of drug-likeness (QED) is 0.687. The third-order valence-electron chi connectivity index (χ3n) is 3.75. The van der Waals surface area contributed by atoms with Crippen LogP contribution in [0.25, 0.3) is 0 Å². The molecule has 0 saturated heterocycles. The van der Waals surface area contributed by atoms with Crippen molar-refractivity contribution < 1.29 is 23.0 Å². The van der Waals surface area contributed by atoms with E-state index in [1.807, 2.05) is 0 Å². The van der Waals surface area contributed by atoms with E-state index in [4.69, 9.17) is 22.1 Å². The van der Waals surface area contributed by atoms with E-state index in [0.717, 1.165) is 17.7 Å². The lowest BCUT2D eigenvalue weighted by molar-refractivity contribution is -0.137. The Morgan fingerprint density at radius 2 is 1.77 bits per heavy atom. The maximum absolute atomic E-state index is 12.7. The van der Waals surface area contributed by atoms with Gasteiger partial charge in [0.1, 0.15) is 11.5 Å². The van der Waals surface area contributed by atoms with E-state index in [1.165, 1.54) is 12.1 Å². The van der Waals surface area contributed by atoms with Gasteiger partial charge >= 0.3 is 6.18 Å². The molecule has 0 aliphatic carbocycles. The molecule has 2 rings (SSSR count). The zero-order valence-corrected chi connectivity index (χ0v) is 15.6. The van der Waals surface area contributed by atoms with Gasteiger partial charge in [-0.05, 0) is 55.7 Å². The predicted molar refractivity (Wildman–Crippen MR) is 98.2 cm³/mol. The molecule has 0 radical (unpaired) electrons. The smallest absolute Gasteiger partial charge is 0.416 e. The molecular formula is C18H20Cl2F3NO2. The fraction of sp³-hybridized carbons (Fsp3) is 0.333. The SMILES string of the molecule is CC(N)(CO)CCc1ccc(Oc2cccc(C(F)(F)F)c2)cc1Cl.Cl. The van der Waals surface area contributed by atoms with E-state index < -0.39 is 17.3 Å². The van der Waals surface area contributed by atoms with Gasteiger partial charge in [0.2, 0.25) is 0 Å². The first-order valence-corrected chi connectivity index (χ1v) is 8.02. The van der Waals surface area contributed by atoms with Gasteiger partial charge < -0.3 is 15.6 Å². The number of halogens is 5. The van der Waals surface area contributed by atoms with Gasteiger partial charge in [-0.3, -0.25) is 0 Å². The highest BCUT2D eigenvalue weighted by molar-refractivity contribution is 6.31. The second-order valence-corrected chi connectivity index (χ2v) is 6.60. The number of benzene rings is 2. The Kier molecular flexibility index (Phi) is 7.77. The highest BCUT2D eigenvalue weighted by atomic mass is 35.5. The Labute approximate surface area is 161 Å². The summed E-state index contributed by atoms with van der Waals surface area (Å²) < 4.78 is 43.7. The fourth-order valence-electron chi connectivity index (χ4n) is 2.17. The summed E-state index contributed by atoms with van der Waals surface area (Å²) in [5, 5.41) is 9.60. The zero-order valence-electron chi connectivity index (χ0n) is 14.0. The molecule has 26 heavy (non-hydrogen) atoms. The molecule has 2 aromatic carbocycles. The summed E-state index contributed by atoms with van der Waals surface area (Å²) in [4.78, 5) is 0. The molecule has 3 N–H and O–H groups in total. The largest absolute Gasteiger partial charge is 0.457 e. The summed E-state index contributed by atoms with van der Waals surface area (Å²) in [5.41, 5.74) is 5.23. The van der Waals surface area contributed by atoms with Crippen LogP contribution in [0.15, 0.2) is 42.5 Å². The Balaban J connectivity index is 0.00000338. The lowest BCUT2D eigenvalue weighted by Crippen LogP contribution is -2.40. The van der Waals surface area contributed by atoms with Crippen LogP contribution < -0.4 is 10.5 Å². The molecule has 1 unspecified atom stereocenters. The van der Waals surface area contributed by atoms with Crippen LogP contribution in [0.5, 0.6) is 11.5 Å². The summed E-state index contributed by atoms with van der Waals surface area (Å²) in [7, 11) is 0. The van der Waals surface area contributed by atoms with E-state index in [0.29, 0.717) is 23.6 Å². The van der Waals surface area contributed by atoms with Crippen molar-refractivity contribution in [1.82, 2.24) is 0 Å². The molecule has 0 heterocycles. The number of ether oxygens (including phenoxy) is 1. The van der Waals surface area contributed by atoms with Crippen molar-refractivity contribution in [2.24, 2.45) is 5.73 Å². The van der Waals surface area contributed by atoms with Gasteiger partial charge in [0.05, 0.1) is 12.2 Å². The average molecular weight is 410 g/mol. The molecule has 2 aromatic rings. The second kappa shape index (κ2) is 8.95. The van der Waals surface area contributed by atoms with Crippen LogP contribution in [0.2, 0.25) is 5.02 Å². The molecule has 144 valence electrons. The van der Waals surface area contributed by atoms with Crippen molar-refractivity contribution in [3.8, 4) is 11.5 Å². The predicted octanol–water partition coefficient (Wildman–Crippen LogP) is 5.22. The monoisotopic (exact) mass is 409 g/mol. The number of hydrogen-bond donors (Lipinski definition) is 2. The summed E-state index contributed by atoms with van der Waals surface area (Å²) in [6.45, 7) is 1.60. The van der Waals surface area contributed by atoms with E-state index in [2.05, 4.69) is 0 Å². The van der Waals surface area contributed by atoms with Gasteiger partial charge in [-0.2, -0.15) is 13.2 Å². The van der Waals surface area contributed by atoms with Gasteiger partial charge in [-0.15, -0.1) is 12.4 Å². The zero-order chi connectivity index (χ0) is 18.7. The van der Waals surface area contributed by atoms with Crippen molar-refractivity contribution >= 4 is 24.0 Å². The number of rotatable bonds is 6. The lowest BCUT2D eigenvalue weighted by atomic mass is 9.95. The standard InChI is InChI=1S/C18H19ClF3NO2.ClH/c1-17(23,11-24)8-7-12-5-6-15(10-16(12)19)25-14-4-2-3-13(9-14)18(20,21)22;/h2-6,9-10,24H,7-8,11,23H2,1H3;1H.